The van der Waals surface area contributed by atoms with E-state index in [0.29, 0.717) is 9.64 Å². The van der Waals surface area contributed by atoms with E-state index in [1.807, 2.05) is 13.8 Å². The van der Waals surface area contributed by atoms with E-state index >= 15 is 0 Å². The van der Waals surface area contributed by atoms with Crippen molar-refractivity contribution in [3.63, 3.8) is 0 Å². The molecule has 92 valence electrons. The van der Waals surface area contributed by atoms with Crippen LogP contribution in [0.1, 0.15) is 13.8 Å². The lowest BCUT2D eigenvalue weighted by atomic mass is 10.2. The van der Waals surface area contributed by atoms with Crippen LogP contribution >= 0.6 is 43.8 Å². The number of thiophene rings is 1. The summed E-state index contributed by atoms with van der Waals surface area (Å²) in [5.41, 5.74) is 0. The molecule has 1 unspecified atom stereocenters. The van der Waals surface area contributed by atoms with E-state index in [1.54, 1.807) is 0 Å². The fraction of sp³-hybridized carbons (Fsp3) is 0.500. The number of rotatable bonds is 4. The molecule has 0 saturated carbocycles. The number of halogens is 2. The zero-order chi connectivity index (χ0) is 12.5. The predicted molar refractivity (Wildman–Crippen MR) is 71.7 cm³/mol. The van der Waals surface area contributed by atoms with Gasteiger partial charge in [-0.25, -0.2) is 0 Å². The Bertz CT molecular complexity index is 482. The average Bonchev–Trinajstić information content (AvgIpc) is 2.38. The molecule has 0 bridgehead atoms. The Balaban J connectivity index is 3.08. The predicted octanol–water partition coefficient (Wildman–Crippen LogP) is 2.92. The molecule has 0 saturated heterocycles. The Morgan fingerprint density at radius 2 is 1.94 bits per heavy atom. The SMILES string of the molecule is CC(C)COS(=O)(=O)c1c(Cl)sc(Cl)c1P. The lowest BCUT2D eigenvalue weighted by molar-refractivity contribution is 0.275. The molecule has 1 aromatic heterocycles. The summed E-state index contributed by atoms with van der Waals surface area (Å²) in [4.78, 5) is -0.0465. The third-order valence-electron chi connectivity index (χ3n) is 1.62. The van der Waals surface area contributed by atoms with E-state index in [9.17, 15) is 8.42 Å². The van der Waals surface area contributed by atoms with Gasteiger partial charge < -0.3 is 0 Å². The summed E-state index contributed by atoms with van der Waals surface area (Å²) in [6, 6.07) is 0. The normalized spacial score (nSPS) is 12.4. The van der Waals surface area contributed by atoms with Gasteiger partial charge in [-0.2, -0.15) is 8.42 Å². The van der Waals surface area contributed by atoms with E-state index in [4.69, 9.17) is 27.4 Å². The summed E-state index contributed by atoms with van der Waals surface area (Å²) in [7, 11) is -1.56. The monoisotopic (exact) mass is 320 g/mol. The highest BCUT2D eigenvalue weighted by atomic mass is 35.5. The maximum absolute atomic E-state index is 11.8. The molecule has 0 amide bonds. The average molecular weight is 321 g/mol. The molecule has 1 heterocycles. The Labute approximate surface area is 111 Å². The molecule has 0 aliphatic carbocycles. The summed E-state index contributed by atoms with van der Waals surface area (Å²) < 4.78 is 29.0. The fourth-order valence-corrected chi connectivity index (χ4v) is 5.16. The van der Waals surface area contributed by atoms with Crippen LogP contribution in [0.15, 0.2) is 4.90 Å². The van der Waals surface area contributed by atoms with Crippen LogP contribution in [0.5, 0.6) is 0 Å². The molecule has 0 aliphatic rings. The summed E-state index contributed by atoms with van der Waals surface area (Å²) in [6.45, 7) is 3.84. The van der Waals surface area contributed by atoms with Crippen molar-refractivity contribution in [2.24, 2.45) is 5.92 Å². The van der Waals surface area contributed by atoms with Crippen LogP contribution < -0.4 is 5.30 Å². The van der Waals surface area contributed by atoms with Gasteiger partial charge in [0, 0.05) is 5.30 Å². The Hall–Kier alpha value is 0.620. The maximum Gasteiger partial charge on any atom is 0.300 e. The van der Waals surface area contributed by atoms with Crippen molar-refractivity contribution >= 4 is 59.2 Å². The van der Waals surface area contributed by atoms with Crippen molar-refractivity contribution in [1.29, 1.82) is 0 Å². The molecule has 8 heteroatoms. The smallest absolute Gasteiger partial charge is 0.266 e. The second-order valence-corrected chi connectivity index (χ2v) is 7.88. The highest BCUT2D eigenvalue weighted by molar-refractivity contribution is 7.87. The van der Waals surface area contributed by atoms with Gasteiger partial charge in [-0.05, 0) is 5.92 Å². The third-order valence-corrected chi connectivity index (χ3v) is 6.05. The van der Waals surface area contributed by atoms with Crippen LogP contribution in [0.2, 0.25) is 8.67 Å². The molecule has 1 rings (SSSR count). The van der Waals surface area contributed by atoms with E-state index in [0.717, 1.165) is 11.3 Å². The molecule has 1 aromatic rings. The van der Waals surface area contributed by atoms with Gasteiger partial charge in [-0.15, -0.1) is 20.6 Å². The van der Waals surface area contributed by atoms with Gasteiger partial charge in [-0.3, -0.25) is 4.18 Å². The van der Waals surface area contributed by atoms with Gasteiger partial charge in [0.05, 0.1) is 6.61 Å². The largest absolute Gasteiger partial charge is 0.300 e. The van der Waals surface area contributed by atoms with Gasteiger partial charge in [0.1, 0.15) is 13.6 Å². The van der Waals surface area contributed by atoms with Crippen molar-refractivity contribution in [3.8, 4) is 0 Å². The van der Waals surface area contributed by atoms with Crippen molar-refractivity contribution in [2.75, 3.05) is 6.61 Å². The van der Waals surface area contributed by atoms with Gasteiger partial charge in [0.2, 0.25) is 0 Å². The zero-order valence-electron chi connectivity index (χ0n) is 8.66. The molecule has 0 aromatic carbocycles. The van der Waals surface area contributed by atoms with Gasteiger partial charge in [0.25, 0.3) is 10.1 Å². The molecular formula is C8H11Cl2O3PS2. The molecule has 16 heavy (non-hydrogen) atoms. The first kappa shape index (κ1) is 14.7. The van der Waals surface area contributed by atoms with E-state index in [-0.39, 0.29) is 21.8 Å². The molecule has 3 nitrogen and oxygen atoms in total. The van der Waals surface area contributed by atoms with E-state index < -0.39 is 10.1 Å². The van der Waals surface area contributed by atoms with Crippen LogP contribution in [0.25, 0.3) is 0 Å². The first-order chi connectivity index (χ1) is 7.25. The summed E-state index contributed by atoms with van der Waals surface area (Å²) in [6.07, 6.45) is 0. The lowest BCUT2D eigenvalue weighted by Crippen LogP contribution is -2.15. The highest BCUT2D eigenvalue weighted by Crippen LogP contribution is 2.34. The van der Waals surface area contributed by atoms with E-state index in [1.165, 1.54) is 0 Å². The Morgan fingerprint density at radius 3 is 2.31 bits per heavy atom. The van der Waals surface area contributed by atoms with Gasteiger partial charge >= 0.3 is 0 Å². The Morgan fingerprint density at radius 1 is 1.38 bits per heavy atom. The summed E-state index contributed by atoms with van der Waals surface area (Å²) >= 11 is 12.6. The fourth-order valence-electron chi connectivity index (χ4n) is 0.893. The van der Waals surface area contributed by atoms with E-state index in [2.05, 4.69) is 9.24 Å². The minimum Gasteiger partial charge on any atom is -0.266 e. The number of hydrogen-bond donors (Lipinski definition) is 0. The van der Waals surface area contributed by atoms with Crippen molar-refractivity contribution in [3.05, 3.63) is 8.67 Å². The van der Waals surface area contributed by atoms with Crippen LogP contribution in [-0.2, 0) is 14.3 Å². The van der Waals surface area contributed by atoms with Crippen LogP contribution in [0.3, 0.4) is 0 Å². The maximum atomic E-state index is 11.8. The van der Waals surface area contributed by atoms with Gasteiger partial charge in [-0.1, -0.05) is 37.0 Å². The van der Waals surface area contributed by atoms with Crippen molar-refractivity contribution in [1.82, 2.24) is 0 Å². The summed E-state index contributed by atoms with van der Waals surface area (Å²) in [5.74, 6) is 0.121. The van der Waals surface area contributed by atoms with Crippen molar-refractivity contribution in [2.45, 2.75) is 18.7 Å². The third kappa shape index (κ3) is 3.31. The molecule has 0 N–H and O–H groups in total. The van der Waals surface area contributed by atoms with Gasteiger partial charge in [0.15, 0.2) is 0 Å². The first-order valence-corrected chi connectivity index (χ1v) is 7.94. The first-order valence-electron chi connectivity index (χ1n) is 4.38. The molecule has 0 aliphatic heterocycles. The Kier molecular flexibility index (Phi) is 5.05. The number of hydrogen-bond acceptors (Lipinski definition) is 4. The standard InChI is InChI=1S/C8H11Cl2O3PS2/c1-4(2)3-13-16(11,12)6-5(14)7(9)15-8(6)10/h4H,3,14H2,1-2H3. The zero-order valence-corrected chi connectivity index (χ0v) is 13.0. The molecule has 0 radical (unpaired) electrons. The lowest BCUT2D eigenvalue weighted by Gasteiger charge is -2.07. The van der Waals surface area contributed by atoms with Crippen molar-refractivity contribution < 1.29 is 12.6 Å². The second kappa shape index (κ2) is 5.51. The summed E-state index contributed by atoms with van der Waals surface area (Å²) in [5, 5.41) is 0.362. The quantitative estimate of drug-likeness (QED) is 0.633. The molecule has 0 fully saturated rings. The molecular weight excluding hydrogens is 310 g/mol. The molecule has 1 atom stereocenters. The minimum atomic E-state index is -3.82. The van der Waals surface area contributed by atoms with Crippen LogP contribution in [-0.4, -0.2) is 15.0 Å². The second-order valence-electron chi connectivity index (χ2n) is 3.52. The highest BCUT2D eigenvalue weighted by Gasteiger charge is 2.26. The van der Waals surface area contributed by atoms with Crippen LogP contribution in [0.4, 0.5) is 0 Å². The minimum absolute atomic E-state index is 0.0465. The topological polar surface area (TPSA) is 43.4 Å². The van der Waals surface area contributed by atoms with Crippen LogP contribution in [0, 0.1) is 5.92 Å². The molecule has 0 spiro atoms.